The number of ether oxygens (including phenoxy) is 1. The second-order valence-corrected chi connectivity index (χ2v) is 9.04. The molecule has 0 bridgehead atoms. The van der Waals surface area contributed by atoms with Gasteiger partial charge < -0.3 is 10.1 Å². The fourth-order valence-electron chi connectivity index (χ4n) is 2.91. The lowest BCUT2D eigenvalue weighted by atomic mass is 10.2. The first-order valence-electron chi connectivity index (χ1n) is 9.82. The topological polar surface area (TPSA) is 92.8 Å². The van der Waals surface area contributed by atoms with Gasteiger partial charge in [-0.2, -0.15) is 0 Å². The Hall–Kier alpha value is -3.43. The molecule has 0 heterocycles. The molecule has 0 saturated carbocycles. The summed E-state index contributed by atoms with van der Waals surface area (Å²) in [5, 5.41) is 2.30. The van der Waals surface area contributed by atoms with E-state index in [0.29, 0.717) is 11.3 Å². The minimum absolute atomic E-state index is 0.0260. The molecule has 0 aliphatic rings. The maximum atomic E-state index is 13.7. The number of nitrogens with one attached hydrogen (secondary N) is 1. The Bertz CT molecular complexity index is 1250. The summed E-state index contributed by atoms with van der Waals surface area (Å²) in [5.74, 6) is -1.87. The van der Waals surface area contributed by atoms with Crippen LogP contribution >= 0.6 is 11.6 Å². The number of sulfonamides is 1. The van der Waals surface area contributed by atoms with E-state index in [1.165, 1.54) is 42.5 Å². The van der Waals surface area contributed by atoms with E-state index >= 15 is 0 Å². The molecule has 172 valence electrons. The highest BCUT2D eigenvalue weighted by atomic mass is 35.5. The van der Waals surface area contributed by atoms with Crippen molar-refractivity contribution in [2.45, 2.75) is 11.8 Å². The zero-order chi connectivity index (χ0) is 24.0. The van der Waals surface area contributed by atoms with Crippen molar-refractivity contribution in [2.24, 2.45) is 0 Å². The highest BCUT2D eigenvalue weighted by molar-refractivity contribution is 7.92. The SMILES string of the molecule is CCOC(=O)c1ccc(NC(=O)CN(c2ccc(F)c(Cl)c2)S(=O)(=O)c2ccccc2)cc1. The first kappa shape index (κ1) is 24.2. The number of esters is 1. The summed E-state index contributed by atoms with van der Waals surface area (Å²) in [5.41, 5.74) is 0.685. The molecule has 0 saturated heterocycles. The van der Waals surface area contributed by atoms with Crippen molar-refractivity contribution in [1.29, 1.82) is 0 Å². The smallest absolute Gasteiger partial charge is 0.338 e. The molecular formula is C23H20ClFN2O5S. The van der Waals surface area contributed by atoms with E-state index < -0.39 is 34.3 Å². The summed E-state index contributed by atoms with van der Waals surface area (Å²) in [6.45, 7) is 1.32. The summed E-state index contributed by atoms with van der Waals surface area (Å²) in [6, 6.07) is 16.9. The second kappa shape index (κ2) is 10.5. The number of anilines is 2. The number of benzene rings is 3. The zero-order valence-electron chi connectivity index (χ0n) is 17.5. The van der Waals surface area contributed by atoms with Gasteiger partial charge in [-0.15, -0.1) is 0 Å². The molecule has 3 aromatic carbocycles. The fraction of sp³-hybridized carbons (Fsp3) is 0.130. The van der Waals surface area contributed by atoms with Crippen LogP contribution in [0.1, 0.15) is 17.3 Å². The average Bonchev–Trinajstić information content (AvgIpc) is 2.80. The average molecular weight is 491 g/mol. The van der Waals surface area contributed by atoms with Crippen LogP contribution in [0.25, 0.3) is 0 Å². The summed E-state index contributed by atoms with van der Waals surface area (Å²) in [4.78, 5) is 24.4. The van der Waals surface area contributed by atoms with Crippen LogP contribution in [-0.4, -0.2) is 33.4 Å². The molecule has 0 aliphatic heterocycles. The predicted molar refractivity (Wildman–Crippen MR) is 123 cm³/mol. The number of hydrogen-bond acceptors (Lipinski definition) is 5. The lowest BCUT2D eigenvalue weighted by molar-refractivity contribution is -0.114. The molecule has 33 heavy (non-hydrogen) atoms. The quantitative estimate of drug-likeness (QED) is 0.470. The summed E-state index contributed by atoms with van der Waals surface area (Å²) in [7, 11) is -4.17. The molecule has 0 fully saturated rings. The molecule has 0 radical (unpaired) electrons. The molecule has 0 atom stereocenters. The molecule has 0 aliphatic carbocycles. The third kappa shape index (κ3) is 5.88. The normalized spacial score (nSPS) is 11.0. The van der Waals surface area contributed by atoms with Crippen LogP contribution in [-0.2, 0) is 19.6 Å². The Kier molecular flexibility index (Phi) is 7.67. The van der Waals surface area contributed by atoms with E-state index in [-0.39, 0.29) is 22.2 Å². The Labute approximate surface area is 195 Å². The van der Waals surface area contributed by atoms with Gasteiger partial charge in [0.15, 0.2) is 0 Å². The molecule has 0 unspecified atom stereocenters. The highest BCUT2D eigenvalue weighted by Crippen LogP contribution is 2.27. The van der Waals surface area contributed by atoms with Gasteiger partial charge >= 0.3 is 5.97 Å². The maximum absolute atomic E-state index is 13.7. The van der Waals surface area contributed by atoms with Gasteiger partial charge in [0, 0.05) is 5.69 Å². The van der Waals surface area contributed by atoms with Gasteiger partial charge in [-0.05, 0) is 61.5 Å². The Morgan fingerprint density at radius 3 is 2.30 bits per heavy atom. The van der Waals surface area contributed by atoms with Crippen LogP contribution in [0.15, 0.2) is 77.7 Å². The van der Waals surface area contributed by atoms with Gasteiger partial charge in [-0.1, -0.05) is 29.8 Å². The van der Waals surface area contributed by atoms with Crippen LogP contribution < -0.4 is 9.62 Å². The van der Waals surface area contributed by atoms with E-state index in [0.717, 1.165) is 16.4 Å². The van der Waals surface area contributed by atoms with Gasteiger partial charge in [0.05, 0.1) is 27.8 Å². The number of halogens is 2. The van der Waals surface area contributed by atoms with Crippen LogP contribution in [0.2, 0.25) is 5.02 Å². The summed E-state index contributed by atoms with van der Waals surface area (Å²) >= 11 is 5.85. The first-order chi connectivity index (χ1) is 15.7. The largest absolute Gasteiger partial charge is 0.462 e. The third-order valence-electron chi connectivity index (χ3n) is 4.49. The van der Waals surface area contributed by atoms with E-state index in [1.54, 1.807) is 25.1 Å². The summed E-state index contributed by atoms with van der Waals surface area (Å²) < 4.78 is 45.9. The van der Waals surface area contributed by atoms with Crippen molar-refractivity contribution < 1.29 is 27.1 Å². The monoisotopic (exact) mass is 490 g/mol. The van der Waals surface area contributed by atoms with Crippen LogP contribution in [0, 0.1) is 5.82 Å². The molecule has 1 N–H and O–H groups in total. The maximum Gasteiger partial charge on any atom is 0.338 e. The molecular weight excluding hydrogens is 471 g/mol. The van der Waals surface area contributed by atoms with Crippen LogP contribution in [0.5, 0.6) is 0 Å². The molecule has 1 amide bonds. The van der Waals surface area contributed by atoms with Gasteiger partial charge in [0.1, 0.15) is 12.4 Å². The first-order valence-corrected chi connectivity index (χ1v) is 11.6. The lowest BCUT2D eigenvalue weighted by Crippen LogP contribution is -2.38. The molecule has 3 rings (SSSR count). The van der Waals surface area contributed by atoms with Gasteiger partial charge in [0.2, 0.25) is 5.91 Å². The van der Waals surface area contributed by atoms with Crippen molar-refractivity contribution in [2.75, 3.05) is 22.8 Å². The fourth-order valence-corrected chi connectivity index (χ4v) is 4.52. The van der Waals surface area contributed by atoms with Crippen LogP contribution in [0.4, 0.5) is 15.8 Å². The lowest BCUT2D eigenvalue weighted by Gasteiger charge is -2.24. The number of carbonyl (C=O) groups is 2. The van der Waals surface area contributed by atoms with Crippen LogP contribution in [0.3, 0.4) is 0 Å². The third-order valence-corrected chi connectivity index (χ3v) is 6.57. The van der Waals surface area contributed by atoms with Crippen molar-refractivity contribution in [3.8, 4) is 0 Å². The number of nitrogens with zero attached hydrogens (tertiary/aromatic N) is 1. The molecule has 0 aromatic heterocycles. The van der Waals surface area contributed by atoms with Crippen molar-refractivity contribution in [3.05, 3.63) is 89.2 Å². The minimum atomic E-state index is -4.17. The Morgan fingerprint density at radius 2 is 1.70 bits per heavy atom. The molecule has 3 aromatic rings. The highest BCUT2D eigenvalue weighted by Gasteiger charge is 2.27. The van der Waals surface area contributed by atoms with E-state index in [4.69, 9.17) is 16.3 Å². The molecule has 10 heteroatoms. The van der Waals surface area contributed by atoms with Crippen molar-refractivity contribution in [3.63, 3.8) is 0 Å². The predicted octanol–water partition coefficient (Wildman–Crippen LogP) is 4.49. The molecule has 7 nitrogen and oxygen atoms in total. The second-order valence-electron chi connectivity index (χ2n) is 6.77. The van der Waals surface area contributed by atoms with Gasteiger partial charge in [-0.25, -0.2) is 17.6 Å². The zero-order valence-corrected chi connectivity index (χ0v) is 19.1. The molecule has 0 spiro atoms. The number of amides is 1. The Morgan fingerprint density at radius 1 is 1.03 bits per heavy atom. The van der Waals surface area contributed by atoms with E-state index in [2.05, 4.69) is 5.32 Å². The number of hydrogen-bond donors (Lipinski definition) is 1. The minimum Gasteiger partial charge on any atom is -0.462 e. The number of rotatable bonds is 8. The number of carbonyl (C=O) groups excluding carboxylic acids is 2. The van der Waals surface area contributed by atoms with Gasteiger partial charge in [-0.3, -0.25) is 9.10 Å². The van der Waals surface area contributed by atoms with Crippen molar-refractivity contribution >= 4 is 44.9 Å². The van der Waals surface area contributed by atoms with E-state index in [9.17, 15) is 22.4 Å². The summed E-state index contributed by atoms with van der Waals surface area (Å²) in [6.07, 6.45) is 0. The standard InChI is InChI=1S/C23H20ClFN2O5S/c1-2-32-23(29)16-8-10-17(11-9-16)26-22(28)15-27(18-12-13-21(25)20(24)14-18)33(30,31)19-6-4-3-5-7-19/h3-14H,2,15H2,1H3,(H,26,28). The Balaban J connectivity index is 1.86. The van der Waals surface area contributed by atoms with Crippen molar-refractivity contribution in [1.82, 2.24) is 0 Å². The van der Waals surface area contributed by atoms with E-state index in [1.807, 2.05) is 0 Å². The van der Waals surface area contributed by atoms with Gasteiger partial charge in [0.25, 0.3) is 10.0 Å².